The molecule has 3 heterocycles. The lowest BCUT2D eigenvalue weighted by Crippen LogP contribution is -2.34. The van der Waals surface area contributed by atoms with Crippen molar-refractivity contribution in [3.63, 3.8) is 0 Å². The zero-order chi connectivity index (χ0) is 24.4. The van der Waals surface area contributed by atoms with Gasteiger partial charge < -0.3 is 4.74 Å². The van der Waals surface area contributed by atoms with Crippen LogP contribution in [0.4, 0.5) is 0 Å². The van der Waals surface area contributed by atoms with Gasteiger partial charge in [-0.05, 0) is 54.8 Å². The minimum absolute atomic E-state index is 0.214. The van der Waals surface area contributed by atoms with E-state index < -0.39 is 9.84 Å². The molecule has 2 aromatic carbocycles. The van der Waals surface area contributed by atoms with Crippen LogP contribution in [0.3, 0.4) is 0 Å². The molecule has 1 saturated heterocycles. The van der Waals surface area contributed by atoms with Crippen LogP contribution in [0, 0.1) is 11.3 Å². The van der Waals surface area contributed by atoms with Crippen LogP contribution in [0.2, 0.25) is 0 Å². The van der Waals surface area contributed by atoms with Crippen LogP contribution in [0.5, 0.6) is 11.6 Å². The molecule has 0 radical (unpaired) electrons. The first-order valence-electron chi connectivity index (χ1n) is 11.3. The molecule has 5 rings (SSSR count). The van der Waals surface area contributed by atoms with Gasteiger partial charge in [0.05, 0.1) is 28.8 Å². The lowest BCUT2D eigenvalue weighted by Gasteiger charge is -2.32. The van der Waals surface area contributed by atoms with Crippen molar-refractivity contribution in [2.24, 2.45) is 0 Å². The first kappa shape index (κ1) is 23.0. The van der Waals surface area contributed by atoms with Gasteiger partial charge in [-0.1, -0.05) is 12.1 Å². The van der Waals surface area contributed by atoms with Gasteiger partial charge in [0.25, 0.3) is 0 Å². The largest absolute Gasteiger partial charge is 0.438 e. The normalized spacial score (nSPS) is 15.2. The second-order valence-electron chi connectivity index (χ2n) is 8.67. The van der Waals surface area contributed by atoms with Crippen molar-refractivity contribution >= 4 is 20.9 Å². The summed E-state index contributed by atoms with van der Waals surface area (Å²) < 4.78 is 31.2. The van der Waals surface area contributed by atoms with E-state index >= 15 is 0 Å². The molecule has 10 heteroatoms. The molecule has 2 aromatic heterocycles. The molecule has 0 N–H and O–H groups in total. The van der Waals surface area contributed by atoms with Gasteiger partial charge in [0.1, 0.15) is 17.5 Å². The molecular formula is C25H24N6O3S. The Labute approximate surface area is 203 Å². The number of rotatable bonds is 6. The van der Waals surface area contributed by atoms with E-state index in [1.54, 1.807) is 18.3 Å². The van der Waals surface area contributed by atoms with Gasteiger partial charge in [0.2, 0.25) is 5.88 Å². The number of likely N-dealkylation sites (tertiary alicyclic amines) is 1. The van der Waals surface area contributed by atoms with E-state index in [4.69, 9.17) is 10.00 Å². The van der Waals surface area contributed by atoms with Crippen LogP contribution in [-0.2, 0) is 16.4 Å². The number of ether oxygens (including phenoxy) is 1. The molecule has 35 heavy (non-hydrogen) atoms. The third-order valence-electron chi connectivity index (χ3n) is 6.19. The standard InChI is InChI=1S/C25H24N6O3S/c1-35(32,33)22-7-5-21(6-8-22)34-25-23-15-29-31(24(23)27-17-28-25)20-9-11-30(12-10-20)16-19-4-2-3-18(13-19)14-26/h2-8,13,15,17,20H,9-12,16H2,1H3. The first-order valence-corrected chi connectivity index (χ1v) is 13.2. The fourth-order valence-corrected chi connectivity index (χ4v) is 5.01. The Morgan fingerprint density at radius 3 is 2.60 bits per heavy atom. The Morgan fingerprint density at radius 2 is 1.89 bits per heavy atom. The average Bonchev–Trinajstić information content (AvgIpc) is 3.30. The van der Waals surface area contributed by atoms with Gasteiger partial charge in [-0.3, -0.25) is 4.90 Å². The van der Waals surface area contributed by atoms with Crippen molar-refractivity contribution in [1.29, 1.82) is 5.26 Å². The minimum Gasteiger partial charge on any atom is -0.438 e. The smallest absolute Gasteiger partial charge is 0.233 e. The molecule has 1 aliphatic rings. The SMILES string of the molecule is CS(=O)(=O)c1ccc(Oc2ncnc3c2cnn3C2CCN(Cc3cccc(C#N)c3)CC2)cc1. The van der Waals surface area contributed by atoms with Crippen molar-refractivity contribution < 1.29 is 13.2 Å². The third kappa shape index (κ3) is 5.01. The van der Waals surface area contributed by atoms with E-state index in [1.165, 1.54) is 24.7 Å². The zero-order valence-electron chi connectivity index (χ0n) is 19.2. The Bertz CT molecular complexity index is 1500. The molecule has 0 saturated carbocycles. The highest BCUT2D eigenvalue weighted by Gasteiger charge is 2.24. The van der Waals surface area contributed by atoms with Crippen LogP contribution in [0.1, 0.15) is 30.0 Å². The van der Waals surface area contributed by atoms with Crippen LogP contribution >= 0.6 is 0 Å². The number of aromatic nitrogens is 4. The first-order chi connectivity index (χ1) is 16.9. The van der Waals surface area contributed by atoms with Gasteiger partial charge in [0.15, 0.2) is 15.5 Å². The van der Waals surface area contributed by atoms with Crippen molar-refractivity contribution in [3.05, 3.63) is 72.2 Å². The van der Waals surface area contributed by atoms with Crippen LogP contribution in [0.15, 0.2) is 66.0 Å². The quantitative estimate of drug-likeness (QED) is 0.403. The van der Waals surface area contributed by atoms with Gasteiger partial charge in [0, 0.05) is 25.9 Å². The molecule has 0 spiro atoms. The molecule has 0 amide bonds. The summed E-state index contributed by atoms with van der Waals surface area (Å²) >= 11 is 0. The molecular weight excluding hydrogens is 464 g/mol. The summed E-state index contributed by atoms with van der Waals surface area (Å²) in [6, 6.07) is 16.4. The fourth-order valence-electron chi connectivity index (χ4n) is 4.38. The predicted molar refractivity (Wildman–Crippen MR) is 130 cm³/mol. The summed E-state index contributed by atoms with van der Waals surface area (Å²) in [7, 11) is -3.27. The molecule has 1 fully saturated rings. The maximum atomic E-state index is 11.7. The number of hydrogen-bond donors (Lipinski definition) is 0. The van der Waals surface area contributed by atoms with Crippen LogP contribution < -0.4 is 4.74 Å². The molecule has 178 valence electrons. The Balaban J connectivity index is 1.28. The summed E-state index contributed by atoms with van der Waals surface area (Å²) in [4.78, 5) is 11.3. The number of benzene rings is 2. The van der Waals surface area contributed by atoms with Gasteiger partial charge >= 0.3 is 0 Å². The molecule has 4 aromatic rings. The molecule has 9 nitrogen and oxygen atoms in total. The lowest BCUT2D eigenvalue weighted by molar-refractivity contribution is 0.175. The van der Waals surface area contributed by atoms with E-state index in [9.17, 15) is 8.42 Å². The van der Waals surface area contributed by atoms with E-state index in [2.05, 4.69) is 32.1 Å². The van der Waals surface area contributed by atoms with Crippen LogP contribution in [-0.4, -0.2) is 52.4 Å². The highest BCUT2D eigenvalue weighted by atomic mass is 32.2. The van der Waals surface area contributed by atoms with Crippen molar-refractivity contribution in [2.45, 2.75) is 30.3 Å². The molecule has 0 unspecified atom stereocenters. The van der Waals surface area contributed by atoms with Gasteiger partial charge in [-0.25, -0.2) is 23.1 Å². The summed E-state index contributed by atoms with van der Waals surface area (Å²) in [6.07, 6.45) is 6.21. The zero-order valence-corrected chi connectivity index (χ0v) is 20.0. The maximum Gasteiger partial charge on any atom is 0.233 e. The molecule has 0 bridgehead atoms. The Kier molecular flexibility index (Phi) is 6.19. The number of fused-ring (bicyclic) bond motifs is 1. The number of nitrogens with zero attached hydrogens (tertiary/aromatic N) is 6. The molecule has 0 aliphatic carbocycles. The van der Waals surface area contributed by atoms with E-state index in [0.29, 0.717) is 28.2 Å². The monoisotopic (exact) mass is 488 g/mol. The van der Waals surface area contributed by atoms with Crippen LogP contribution in [0.25, 0.3) is 11.0 Å². The second-order valence-corrected chi connectivity index (χ2v) is 10.7. The molecule has 0 atom stereocenters. The third-order valence-corrected chi connectivity index (χ3v) is 7.31. The van der Waals surface area contributed by atoms with E-state index in [1.807, 2.05) is 22.9 Å². The highest BCUT2D eigenvalue weighted by Crippen LogP contribution is 2.31. The van der Waals surface area contributed by atoms with Crippen molar-refractivity contribution in [3.8, 4) is 17.7 Å². The average molecular weight is 489 g/mol. The van der Waals surface area contributed by atoms with Crippen molar-refractivity contribution in [1.82, 2.24) is 24.6 Å². The molecule has 1 aliphatic heterocycles. The Hall–Kier alpha value is -3.81. The van der Waals surface area contributed by atoms with E-state index in [0.717, 1.165) is 38.0 Å². The number of sulfone groups is 1. The van der Waals surface area contributed by atoms with Crippen molar-refractivity contribution in [2.75, 3.05) is 19.3 Å². The Morgan fingerprint density at radius 1 is 1.11 bits per heavy atom. The topological polar surface area (TPSA) is 114 Å². The summed E-state index contributed by atoms with van der Waals surface area (Å²) in [5, 5.41) is 14.4. The number of hydrogen-bond acceptors (Lipinski definition) is 8. The highest BCUT2D eigenvalue weighted by molar-refractivity contribution is 7.90. The van der Waals surface area contributed by atoms with E-state index in [-0.39, 0.29) is 10.9 Å². The summed E-state index contributed by atoms with van der Waals surface area (Å²) in [5.41, 5.74) is 2.54. The fraction of sp³-hybridized carbons (Fsp3) is 0.280. The second kappa shape index (κ2) is 9.44. The lowest BCUT2D eigenvalue weighted by atomic mass is 10.0. The maximum absolute atomic E-state index is 11.7. The van der Waals surface area contributed by atoms with Gasteiger partial charge in [-0.2, -0.15) is 10.4 Å². The summed E-state index contributed by atoms with van der Waals surface area (Å²) in [5.74, 6) is 0.863. The number of nitriles is 1. The minimum atomic E-state index is -3.27. The van der Waals surface area contributed by atoms with Gasteiger partial charge in [-0.15, -0.1) is 0 Å². The number of piperidine rings is 1. The predicted octanol–water partition coefficient (Wildman–Crippen LogP) is 3.73. The summed E-state index contributed by atoms with van der Waals surface area (Å²) in [6.45, 7) is 2.66.